The molecule has 0 saturated heterocycles. The van der Waals surface area contributed by atoms with Gasteiger partial charge in [-0.05, 0) is 47.7 Å². The number of methoxy groups -OCH3 is 2. The minimum atomic E-state index is -0.445. The minimum Gasteiger partial charge on any atom is -0.497 e. The van der Waals surface area contributed by atoms with Gasteiger partial charge in [-0.15, -0.1) is 0 Å². The number of hydrogen-bond donors (Lipinski definition) is 2. The molecule has 0 radical (unpaired) electrons. The first-order chi connectivity index (χ1) is 13.6. The molecule has 4 rings (SSSR count). The summed E-state index contributed by atoms with van der Waals surface area (Å²) in [5.74, 6) is 1.59. The van der Waals surface area contributed by atoms with Crippen LogP contribution in [0.25, 0.3) is 0 Å². The molecule has 0 unspecified atom stereocenters. The van der Waals surface area contributed by atoms with Crippen LogP contribution >= 0.6 is 0 Å². The van der Waals surface area contributed by atoms with E-state index in [9.17, 15) is 9.59 Å². The van der Waals surface area contributed by atoms with Gasteiger partial charge in [0.2, 0.25) is 0 Å². The number of ether oxygens (including phenoxy) is 2. The van der Waals surface area contributed by atoms with E-state index < -0.39 is 6.04 Å². The van der Waals surface area contributed by atoms with Gasteiger partial charge in [-0.25, -0.2) is 4.79 Å². The molecule has 0 aromatic heterocycles. The molecular formula is C22H22N2O4. The number of Topliss-reactive ketones (excluding diaryl/α,β-unsaturated/α-hetero) is 1. The van der Waals surface area contributed by atoms with Crippen molar-refractivity contribution in [2.75, 3.05) is 14.2 Å². The van der Waals surface area contributed by atoms with Gasteiger partial charge in [0.05, 0.1) is 20.3 Å². The van der Waals surface area contributed by atoms with Gasteiger partial charge in [-0.3, -0.25) is 4.79 Å². The van der Waals surface area contributed by atoms with Crippen LogP contribution in [0.4, 0.5) is 4.79 Å². The fourth-order valence-electron chi connectivity index (χ4n) is 3.92. The lowest BCUT2D eigenvalue weighted by Crippen LogP contribution is -2.47. The zero-order valence-electron chi connectivity index (χ0n) is 15.8. The maximum Gasteiger partial charge on any atom is 0.319 e. The zero-order valence-corrected chi connectivity index (χ0v) is 15.8. The van der Waals surface area contributed by atoms with Crippen LogP contribution in [0.2, 0.25) is 0 Å². The van der Waals surface area contributed by atoms with E-state index in [1.807, 2.05) is 48.5 Å². The summed E-state index contributed by atoms with van der Waals surface area (Å²) in [6.07, 6.45) is 1.03. The predicted molar refractivity (Wildman–Crippen MR) is 104 cm³/mol. The monoisotopic (exact) mass is 378 g/mol. The van der Waals surface area contributed by atoms with Crippen molar-refractivity contribution < 1.29 is 19.1 Å². The number of nitrogens with one attached hydrogen (secondary N) is 2. The predicted octanol–water partition coefficient (Wildman–Crippen LogP) is 3.46. The Balaban J connectivity index is 1.65. The first kappa shape index (κ1) is 18.1. The Kier molecular flexibility index (Phi) is 4.77. The fraction of sp³-hybridized carbons (Fsp3) is 0.273. The Morgan fingerprint density at radius 3 is 1.96 bits per heavy atom. The van der Waals surface area contributed by atoms with Crippen LogP contribution in [0.1, 0.15) is 35.9 Å². The molecule has 0 spiro atoms. The van der Waals surface area contributed by atoms with Crippen LogP contribution in [0.15, 0.2) is 59.8 Å². The van der Waals surface area contributed by atoms with Crippen molar-refractivity contribution in [1.29, 1.82) is 0 Å². The molecule has 2 aromatic carbocycles. The molecule has 2 aromatic rings. The van der Waals surface area contributed by atoms with E-state index in [2.05, 4.69) is 10.6 Å². The minimum absolute atomic E-state index is 0.0343. The first-order valence-corrected chi connectivity index (χ1v) is 9.20. The highest BCUT2D eigenvalue weighted by Gasteiger charge is 2.37. The largest absolute Gasteiger partial charge is 0.497 e. The van der Waals surface area contributed by atoms with Gasteiger partial charge in [0.15, 0.2) is 5.78 Å². The number of hydrogen-bond acceptors (Lipinski definition) is 4. The van der Waals surface area contributed by atoms with Gasteiger partial charge < -0.3 is 20.1 Å². The molecule has 1 aliphatic carbocycles. The Bertz CT molecular complexity index is 932. The number of carbonyl (C=O) groups excluding carboxylic acids is 2. The lowest BCUT2D eigenvalue weighted by atomic mass is 9.78. The van der Waals surface area contributed by atoms with Crippen LogP contribution in [0.3, 0.4) is 0 Å². The number of rotatable bonds is 4. The number of ketones is 1. The van der Waals surface area contributed by atoms with Gasteiger partial charge >= 0.3 is 6.03 Å². The maximum absolute atomic E-state index is 13.1. The van der Waals surface area contributed by atoms with E-state index in [0.717, 1.165) is 22.6 Å². The van der Waals surface area contributed by atoms with Crippen LogP contribution < -0.4 is 20.1 Å². The Hall–Kier alpha value is -3.28. The lowest BCUT2D eigenvalue weighted by Gasteiger charge is -2.35. The topological polar surface area (TPSA) is 76.7 Å². The highest BCUT2D eigenvalue weighted by atomic mass is 16.5. The summed E-state index contributed by atoms with van der Waals surface area (Å²) < 4.78 is 10.4. The van der Waals surface area contributed by atoms with E-state index in [4.69, 9.17) is 9.47 Å². The molecule has 2 atom stereocenters. The number of urea groups is 1. The van der Waals surface area contributed by atoms with Crippen molar-refractivity contribution in [1.82, 2.24) is 10.6 Å². The third kappa shape index (κ3) is 3.33. The second kappa shape index (κ2) is 7.38. The molecule has 2 N–H and O–H groups in total. The van der Waals surface area contributed by atoms with Crippen LogP contribution in [-0.2, 0) is 4.79 Å². The summed E-state index contributed by atoms with van der Waals surface area (Å²) >= 11 is 0. The van der Waals surface area contributed by atoms with Crippen LogP contribution in [0, 0.1) is 0 Å². The third-order valence-electron chi connectivity index (χ3n) is 5.37. The standard InChI is InChI=1S/C22H22N2O4/c1-27-16-7-3-13(4-8-16)15-11-18-20(19(25)12-15)21(24-22(26)23-18)14-5-9-17(28-2)10-6-14/h3-10,15,21H,11-12H2,1-2H3,(H2,23,24,26)/t15-,21+/m0/s1. The second-order valence-electron chi connectivity index (χ2n) is 7.00. The zero-order chi connectivity index (χ0) is 19.7. The molecule has 6 heteroatoms. The van der Waals surface area contributed by atoms with Crippen molar-refractivity contribution in [2.24, 2.45) is 0 Å². The second-order valence-corrected chi connectivity index (χ2v) is 7.00. The van der Waals surface area contributed by atoms with Crippen molar-refractivity contribution in [3.05, 3.63) is 70.9 Å². The first-order valence-electron chi connectivity index (χ1n) is 9.20. The molecular weight excluding hydrogens is 356 g/mol. The molecule has 0 saturated carbocycles. The van der Waals surface area contributed by atoms with E-state index in [-0.39, 0.29) is 17.7 Å². The number of carbonyl (C=O) groups is 2. The fourth-order valence-corrected chi connectivity index (χ4v) is 3.92. The van der Waals surface area contributed by atoms with Crippen LogP contribution in [0.5, 0.6) is 11.5 Å². The molecule has 2 amide bonds. The van der Waals surface area contributed by atoms with E-state index >= 15 is 0 Å². The number of allylic oxidation sites excluding steroid dienone is 1. The van der Waals surface area contributed by atoms with Crippen molar-refractivity contribution in [3.63, 3.8) is 0 Å². The quantitative estimate of drug-likeness (QED) is 0.854. The summed E-state index contributed by atoms with van der Waals surface area (Å²) in [6, 6.07) is 14.4. The van der Waals surface area contributed by atoms with Gasteiger partial charge in [0.25, 0.3) is 0 Å². The molecule has 2 aliphatic rings. The average Bonchev–Trinajstić information content (AvgIpc) is 2.73. The SMILES string of the molecule is COc1ccc([C@@H]2CC(=O)C3=C(C2)NC(=O)N[C@@H]3c2ccc(OC)cc2)cc1. The van der Waals surface area contributed by atoms with Gasteiger partial charge in [-0.1, -0.05) is 24.3 Å². The smallest absolute Gasteiger partial charge is 0.319 e. The Labute approximate surface area is 163 Å². The van der Waals surface area contributed by atoms with E-state index in [0.29, 0.717) is 24.1 Å². The number of benzene rings is 2. The normalized spacial score (nSPS) is 21.5. The maximum atomic E-state index is 13.1. The molecule has 0 fully saturated rings. The Morgan fingerprint density at radius 2 is 1.39 bits per heavy atom. The van der Waals surface area contributed by atoms with Gasteiger partial charge in [0.1, 0.15) is 11.5 Å². The average molecular weight is 378 g/mol. The van der Waals surface area contributed by atoms with Crippen LogP contribution in [-0.4, -0.2) is 26.0 Å². The van der Waals surface area contributed by atoms with Crippen molar-refractivity contribution >= 4 is 11.8 Å². The molecule has 1 heterocycles. The molecule has 1 aliphatic heterocycles. The highest BCUT2D eigenvalue weighted by Crippen LogP contribution is 2.40. The third-order valence-corrected chi connectivity index (χ3v) is 5.37. The molecule has 0 bridgehead atoms. The summed E-state index contributed by atoms with van der Waals surface area (Å²) in [7, 11) is 3.23. The molecule has 144 valence electrons. The highest BCUT2D eigenvalue weighted by molar-refractivity contribution is 6.01. The van der Waals surface area contributed by atoms with Crippen molar-refractivity contribution in [3.8, 4) is 11.5 Å². The van der Waals surface area contributed by atoms with Gasteiger partial charge in [0, 0.05) is 17.7 Å². The number of amides is 2. The van der Waals surface area contributed by atoms with Crippen molar-refractivity contribution in [2.45, 2.75) is 24.8 Å². The van der Waals surface area contributed by atoms with E-state index in [1.54, 1.807) is 14.2 Å². The summed E-state index contributed by atoms with van der Waals surface area (Å²) in [4.78, 5) is 25.3. The lowest BCUT2D eigenvalue weighted by molar-refractivity contribution is -0.116. The van der Waals surface area contributed by atoms with E-state index in [1.165, 1.54) is 0 Å². The molecule has 28 heavy (non-hydrogen) atoms. The summed E-state index contributed by atoms with van der Waals surface area (Å²) in [5, 5.41) is 5.74. The Morgan fingerprint density at radius 1 is 0.821 bits per heavy atom. The summed E-state index contributed by atoms with van der Waals surface area (Å²) in [6.45, 7) is 0. The molecule has 6 nitrogen and oxygen atoms in total. The van der Waals surface area contributed by atoms with Gasteiger partial charge in [-0.2, -0.15) is 0 Å². The summed E-state index contributed by atoms with van der Waals surface area (Å²) in [5.41, 5.74) is 3.28.